The summed E-state index contributed by atoms with van der Waals surface area (Å²) in [6.45, 7) is 3.75. The molecule has 7 nitrogen and oxygen atoms in total. The zero-order valence-electron chi connectivity index (χ0n) is 18.1. The molecule has 1 saturated carbocycles. The van der Waals surface area contributed by atoms with Gasteiger partial charge in [0.25, 0.3) is 0 Å². The Morgan fingerprint density at radius 3 is 2.57 bits per heavy atom. The second-order valence-electron chi connectivity index (χ2n) is 7.79. The van der Waals surface area contributed by atoms with E-state index in [4.69, 9.17) is 4.74 Å². The molecule has 0 aliphatic heterocycles. The van der Waals surface area contributed by atoms with Gasteiger partial charge < -0.3 is 14.6 Å². The monoisotopic (exact) mass is 502 g/mol. The standard InChI is InChI=1S/C22H20F6N4O3/c1-13(4-5-30-20(33)11-34-16-7-17(8-16)35-22(26,27)28)32-10-19(31-12-32)18-3-2-15(21(23,24)25)6-14(18)9-29/h2-3,6,10,12,16-17H,1,4-5,7-8,11H2,(H,30,33)/t16-,17+. The zero-order valence-corrected chi connectivity index (χ0v) is 18.1. The molecule has 1 amide bonds. The Morgan fingerprint density at radius 2 is 1.94 bits per heavy atom. The van der Waals surface area contributed by atoms with Crippen LogP contribution in [0.1, 0.15) is 30.4 Å². The predicted molar refractivity (Wildman–Crippen MR) is 110 cm³/mol. The first kappa shape index (κ1) is 26.2. The molecule has 0 bridgehead atoms. The molecular weight excluding hydrogens is 482 g/mol. The fraction of sp³-hybridized carbons (Fsp3) is 0.409. The molecule has 1 aliphatic rings. The first-order valence-electron chi connectivity index (χ1n) is 10.3. The molecule has 13 heteroatoms. The van der Waals surface area contributed by atoms with Gasteiger partial charge in [-0.25, -0.2) is 4.98 Å². The second kappa shape index (κ2) is 10.5. The number of carbonyl (C=O) groups is 1. The highest BCUT2D eigenvalue weighted by atomic mass is 19.4. The fourth-order valence-corrected chi connectivity index (χ4v) is 3.33. The Hall–Kier alpha value is -3.37. The van der Waals surface area contributed by atoms with Crippen LogP contribution in [0.4, 0.5) is 26.3 Å². The van der Waals surface area contributed by atoms with E-state index in [0.29, 0.717) is 12.1 Å². The van der Waals surface area contributed by atoms with E-state index in [1.54, 1.807) is 6.07 Å². The molecular formula is C22H20F6N4O3. The van der Waals surface area contributed by atoms with Crippen LogP contribution in [0, 0.1) is 11.3 Å². The molecule has 0 radical (unpaired) electrons. The average molecular weight is 502 g/mol. The Morgan fingerprint density at radius 1 is 1.23 bits per heavy atom. The predicted octanol–water partition coefficient (Wildman–Crippen LogP) is 4.50. The molecule has 2 aromatic rings. The molecule has 0 unspecified atom stereocenters. The van der Waals surface area contributed by atoms with Crippen molar-refractivity contribution >= 4 is 11.6 Å². The van der Waals surface area contributed by atoms with Crippen LogP contribution in [0.3, 0.4) is 0 Å². The summed E-state index contributed by atoms with van der Waals surface area (Å²) in [5, 5.41) is 11.8. The highest BCUT2D eigenvalue weighted by molar-refractivity contribution is 5.77. The normalized spacial score (nSPS) is 18.0. The van der Waals surface area contributed by atoms with Gasteiger partial charge in [-0.3, -0.25) is 9.53 Å². The second-order valence-corrected chi connectivity index (χ2v) is 7.79. The van der Waals surface area contributed by atoms with Gasteiger partial charge in [0.15, 0.2) is 0 Å². The van der Waals surface area contributed by atoms with Gasteiger partial charge in [0.05, 0.1) is 41.4 Å². The molecule has 0 atom stereocenters. The number of nitriles is 1. The minimum absolute atomic E-state index is 0.0546. The molecule has 3 rings (SSSR count). The van der Waals surface area contributed by atoms with Gasteiger partial charge in [-0.05, 0) is 12.1 Å². The first-order valence-corrected chi connectivity index (χ1v) is 10.3. The van der Waals surface area contributed by atoms with Crippen molar-refractivity contribution in [2.45, 2.75) is 44.0 Å². The van der Waals surface area contributed by atoms with E-state index in [2.05, 4.69) is 21.6 Å². The van der Waals surface area contributed by atoms with Crippen LogP contribution in [0.5, 0.6) is 0 Å². The van der Waals surface area contributed by atoms with Gasteiger partial charge in [-0.15, -0.1) is 13.2 Å². The van der Waals surface area contributed by atoms with E-state index >= 15 is 0 Å². The Kier molecular flexibility index (Phi) is 7.86. The molecule has 1 aromatic carbocycles. The topological polar surface area (TPSA) is 89.2 Å². The Labute approximate surface area is 196 Å². The third-order valence-electron chi connectivity index (χ3n) is 5.23. The summed E-state index contributed by atoms with van der Waals surface area (Å²) in [6, 6.07) is 4.55. The first-order chi connectivity index (χ1) is 16.4. The molecule has 0 spiro atoms. The van der Waals surface area contributed by atoms with Crippen molar-refractivity contribution in [2.75, 3.05) is 13.2 Å². The van der Waals surface area contributed by atoms with E-state index in [1.807, 2.05) is 0 Å². The van der Waals surface area contributed by atoms with Gasteiger partial charge in [0.1, 0.15) is 6.61 Å². The Balaban J connectivity index is 1.44. The molecule has 1 aliphatic carbocycles. The average Bonchev–Trinajstić information content (AvgIpc) is 3.23. The third kappa shape index (κ3) is 7.30. The van der Waals surface area contributed by atoms with Gasteiger partial charge in [-0.1, -0.05) is 12.6 Å². The molecule has 35 heavy (non-hydrogen) atoms. The highest BCUT2D eigenvalue weighted by Gasteiger charge is 2.40. The number of hydrogen-bond acceptors (Lipinski definition) is 5. The largest absolute Gasteiger partial charge is 0.522 e. The quantitative estimate of drug-likeness (QED) is 0.510. The van der Waals surface area contributed by atoms with Crippen molar-refractivity contribution in [3.63, 3.8) is 0 Å². The fourth-order valence-electron chi connectivity index (χ4n) is 3.33. The van der Waals surface area contributed by atoms with Crippen LogP contribution in [0.15, 0.2) is 37.3 Å². The molecule has 1 aromatic heterocycles. The van der Waals surface area contributed by atoms with Crippen LogP contribution < -0.4 is 5.32 Å². The summed E-state index contributed by atoms with van der Waals surface area (Å²) in [4.78, 5) is 16.0. The summed E-state index contributed by atoms with van der Waals surface area (Å²) in [5.41, 5.74) is -0.0844. The highest BCUT2D eigenvalue weighted by Crippen LogP contribution is 2.33. The van der Waals surface area contributed by atoms with Crippen LogP contribution in [0.2, 0.25) is 0 Å². The minimum atomic E-state index is -4.69. The number of carbonyl (C=O) groups excluding carboxylic acids is 1. The molecule has 188 valence electrons. The number of halogens is 6. The number of nitrogens with one attached hydrogen (secondary N) is 1. The summed E-state index contributed by atoms with van der Waals surface area (Å²) in [6.07, 6.45) is -7.41. The number of nitrogens with zero attached hydrogens (tertiary/aromatic N) is 3. The molecule has 1 heterocycles. The van der Waals surface area contributed by atoms with E-state index in [1.165, 1.54) is 23.2 Å². The van der Waals surface area contributed by atoms with Crippen LogP contribution >= 0.6 is 0 Å². The maximum Gasteiger partial charge on any atom is 0.522 e. The number of ether oxygens (including phenoxy) is 2. The van der Waals surface area contributed by atoms with E-state index in [-0.39, 0.29) is 42.8 Å². The smallest absolute Gasteiger partial charge is 0.368 e. The molecule has 1 N–H and O–H groups in total. The number of rotatable bonds is 9. The van der Waals surface area contributed by atoms with Crippen molar-refractivity contribution in [3.05, 3.63) is 48.4 Å². The summed E-state index contributed by atoms with van der Waals surface area (Å²) >= 11 is 0. The lowest BCUT2D eigenvalue weighted by Crippen LogP contribution is -2.42. The van der Waals surface area contributed by atoms with Crippen molar-refractivity contribution in [2.24, 2.45) is 0 Å². The SMILES string of the molecule is C=C(CCNC(=O)CO[C@H]1C[C@@H](OC(F)(F)F)C1)n1cnc(-c2ccc(C(F)(F)F)cc2C#N)c1. The minimum Gasteiger partial charge on any atom is -0.368 e. The number of aromatic nitrogens is 2. The zero-order chi connectivity index (χ0) is 25.8. The summed E-state index contributed by atoms with van der Waals surface area (Å²) in [7, 11) is 0. The number of hydrogen-bond donors (Lipinski definition) is 1. The maximum absolute atomic E-state index is 12.9. The van der Waals surface area contributed by atoms with Crippen LogP contribution in [0.25, 0.3) is 17.0 Å². The van der Waals surface area contributed by atoms with Crippen molar-refractivity contribution in [3.8, 4) is 17.3 Å². The number of benzene rings is 1. The lowest BCUT2D eigenvalue weighted by molar-refractivity contribution is -0.357. The van der Waals surface area contributed by atoms with E-state index < -0.39 is 36.2 Å². The van der Waals surface area contributed by atoms with Gasteiger partial charge in [0, 0.05) is 43.3 Å². The van der Waals surface area contributed by atoms with Gasteiger partial charge in [0.2, 0.25) is 5.91 Å². The Bertz CT molecular complexity index is 1110. The molecule has 0 saturated heterocycles. The lowest BCUT2D eigenvalue weighted by Gasteiger charge is -2.34. The van der Waals surface area contributed by atoms with Crippen LogP contribution in [-0.4, -0.2) is 47.2 Å². The number of imidazole rings is 1. The third-order valence-corrected chi connectivity index (χ3v) is 5.23. The van der Waals surface area contributed by atoms with E-state index in [0.717, 1.165) is 12.1 Å². The van der Waals surface area contributed by atoms with Crippen molar-refractivity contribution < 1.29 is 40.6 Å². The lowest BCUT2D eigenvalue weighted by atomic mass is 9.92. The van der Waals surface area contributed by atoms with E-state index in [9.17, 15) is 36.4 Å². The number of alkyl halides is 6. The number of amides is 1. The summed E-state index contributed by atoms with van der Waals surface area (Å²) in [5.74, 6) is -0.451. The molecule has 1 fully saturated rings. The van der Waals surface area contributed by atoms with Crippen molar-refractivity contribution in [1.82, 2.24) is 14.9 Å². The van der Waals surface area contributed by atoms with Crippen LogP contribution in [-0.2, 0) is 20.4 Å². The van der Waals surface area contributed by atoms with Gasteiger partial charge in [-0.2, -0.15) is 18.4 Å². The van der Waals surface area contributed by atoms with Crippen molar-refractivity contribution in [1.29, 1.82) is 5.26 Å². The van der Waals surface area contributed by atoms with Gasteiger partial charge >= 0.3 is 12.5 Å². The maximum atomic E-state index is 12.9. The summed E-state index contributed by atoms with van der Waals surface area (Å²) < 4.78 is 85.5.